The summed E-state index contributed by atoms with van der Waals surface area (Å²) in [6.45, 7) is 1.85. The number of hydrogen-bond acceptors (Lipinski definition) is 8. The molecule has 0 aromatic carbocycles. The van der Waals surface area contributed by atoms with Crippen LogP contribution in [0.2, 0.25) is 0 Å². The van der Waals surface area contributed by atoms with E-state index in [0.29, 0.717) is 11.8 Å². The first-order valence-electron chi connectivity index (χ1n) is 8.42. The number of nitrogens with zero attached hydrogens (tertiary/aromatic N) is 7. The van der Waals surface area contributed by atoms with E-state index in [4.69, 9.17) is 4.74 Å². The van der Waals surface area contributed by atoms with Gasteiger partial charge in [0.15, 0.2) is 5.75 Å². The van der Waals surface area contributed by atoms with Crippen LogP contribution in [-0.2, 0) is 0 Å². The van der Waals surface area contributed by atoms with Crippen LogP contribution in [0.4, 0.5) is 17.7 Å². The molecule has 0 aliphatic carbocycles. The van der Waals surface area contributed by atoms with Gasteiger partial charge in [0.05, 0.1) is 19.5 Å². The van der Waals surface area contributed by atoms with E-state index >= 15 is 0 Å². The van der Waals surface area contributed by atoms with Crippen LogP contribution in [0.25, 0.3) is 0 Å². The smallest absolute Gasteiger partial charge is 0.226 e. The Kier molecular flexibility index (Phi) is 5.16. The minimum absolute atomic E-state index is 0.444. The molecular weight excluding hydrogens is 318 g/mol. The van der Waals surface area contributed by atoms with Crippen LogP contribution in [0.5, 0.6) is 5.75 Å². The van der Waals surface area contributed by atoms with Gasteiger partial charge >= 0.3 is 0 Å². The molecule has 0 atom stereocenters. The minimum Gasteiger partial charge on any atom is -0.494 e. The molecule has 1 aliphatic rings. The van der Waals surface area contributed by atoms with E-state index in [0.717, 1.165) is 43.6 Å². The van der Waals surface area contributed by atoms with Crippen molar-refractivity contribution < 1.29 is 4.74 Å². The molecule has 0 saturated carbocycles. The van der Waals surface area contributed by atoms with E-state index < -0.39 is 0 Å². The van der Waals surface area contributed by atoms with Crippen molar-refractivity contribution >= 4 is 17.7 Å². The first-order valence-corrected chi connectivity index (χ1v) is 8.42. The molecule has 1 aliphatic heterocycles. The Labute approximate surface area is 148 Å². The van der Waals surface area contributed by atoms with Gasteiger partial charge in [0.2, 0.25) is 11.9 Å². The average molecular weight is 343 g/mol. The highest BCUT2D eigenvalue weighted by atomic mass is 16.5. The molecule has 25 heavy (non-hydrogen) atoms. The quantitative estimate of drug-likeness (QED) is 0.808. The van der Waals surface area contributed by atoms with E-state index in [1.165, 1.54) is 0 Å². The lowest BCUT2D eigenvalue weighted by atomic mass is 10.0. The van der Waals surface area contributed by atoms with Crippen LogP contribution >= 0.6 is 0 Å². The van der Waals surface area contributed by atoms with Crippen LogP contribution < -0.4 is 19.4 Å². The molecule has 0 amide bonds. The monoisotopic (exact) mass is 343 g/mol. The van der Waals surface area contributed by atoms with E-state index in [2.05, 4.69) is 36.8 Å². The van der Waals surface area contributed by atoms with Gasteiger partial charge in [-0.15, -0.1) is 0 Å². The Morgan fingerprint density at radius 1 is 1.08 bits per heavy atom. The molecule has 0 bridgehead atoms. The zero-order valence-electron chi connectivity index (χ0n) is 15.3. The van der Waals surface area contributed by atoms with Crippen molar-refractivity contribution in [3.8, 4) is 5.75 Å². The zero-order valence-corrected chi connectivity index (χ0v) is 15.3. The van der Waals surface area contributed by atoms with Gasteiger partial charge < -0.3 is 19.4 Å². The Morgan fingerprint density at radius 2 is 1.76 bits per heavy atom. The fourth-order valence-electron chi connectivity index (χ4n) is 2.97. The third-order valence-corrected chi connectivity index (χ3v) is 4.53. The van der Waals surface area contributed by atoms with Gasteiger partial charge in [-0.2, -0.15) is 4.98 Å². The number of methoxy groups -OCH3 is 1. The summed E-state index contributed by atoms with van der Waals surface area (Å²) >= 11 is 0. The summed E-state index contributed by atoms with van der Waals surface area (Å²) < 4.78 is 5.11. The first kappa shape index (κ1) is 17.2. The maximum atomic E-state index is 5.11. The number of hydrogen-bond donors (Lipinski definition) is 0. The normalized spacial score (nSPS) is 15.1. The maximum absolute atomic E-state index is 5.11. The van der Waals surface area contributed by atoms with E-state index in [9.17, 15) is 0 Å². The molecule has 0 spiro atoms. The van der Waals surface area contributed by atoms with Gasteiger partial charge in [-0.3, -0.25) is 0 Å². The Morgan fingerprint density at radius 3 is 2.36 bits per heavy atom. The fourth-order valence-corrected chi connectivity index (χ4v) is 2.97. The Balaban J connectivity index is 1.62. The van der Waals surface area contributed by atoms with Gasteiger partial charge in [-0.25, -0.2) is 15.0 Å². The summed E-state index contributed by atoms with van der Waals surface area (Å²) in [5.74, 6) is 3.13. The molecule has 2 aromatic heterocycles. The van der Waals surface area contributed by atoms with Gasteiger partial charge in [0.25, 0.3) is 0 Å². The van der Waals surface area contributed by atoms with E-state index in [-0.39, 0.29) is 0 Å². The third kappa shape index (κ3) is 3.89. The largest absolute Gasteiger partial charge is 0.494 e. The molecular formula is C17H25N7O. The zero-order chi connectivity index (χ0) is 17.8. The van der Waals surface area contributed by atoms with Crippen molar-refractivity contribution in [2.45, 2.75) is 18.9 Å². The van der Waals surface area contributed by atoms with Crippen LogP contribution in [0.15, 0.2) is 24.7 Å². The highest BCUT2D eigenvalue weighted by Gasteiger charge is 2.25. The molecule has 0 unspecified atom stereocenters. The summed E-state index contributed by atoms with van der Waals surface area (Å²) in [4.78, 5) is 24.1. The topological polar surface area (TPSA) is 70.5 Å². The summed E-state index contributed by atoms with van der Waals surface area (Å²) in [7, 11) is 7.62. The van der Waals surface area contributed by atoms with Gasteiger partial charge in [0.1, 0.15) is 5.82 Å². The lowest BCUT2D eigenvalue weighted by Gasteiger charge is -2.37. The number of piperidine rings is 1. The van der Waals surface area contributed by atoms with Gasteiger partial charge in [-0.05, 0) is 18.9 Å². The second-order valence-electron chi connectivity index (χ2n) is 6.36. The van der Waals surface area contributed by atoms with Crippen molar-refractivity contribution in [1.29, 1.82) is 0 Å². The number of rotatable bonds is 5. The number of aromatic nitrogens is 4. The number of anilines is 3. The minimum atomic E-state index is 0.444. The van der Waals surface area contributed by atoms with Crippen molar-refractivity contribution in [2.75, 3.05) is 56.0 Å². The van der Waals surface area contributed by atoms with Crippen molar-refractivity contribution in [2.24, 2.45) is 0 Å². The van der Waals surface area contributed by atoms with Crippen LogP contribution in [0, 0.1) is 0 Å². The first-order chi connectivity index (χ1) is 12.1. The summed E-state index contributed by atoms with van der Waals surface area (Å²) in [5.41, 5.74) is 0. The molecule has 0 radical (unpaired) electrons. The lowest BCUT2D eigenvalue weighted by molar-refractivity contribution is 0.410. The summed E-state index contributed by atoms with van der Waals surface area (Å²) in [6, 6.07) is 2.41. The van der Waals surface area contributed by atoms with Crippen molar-refractivity contribution in [3.05, 3.63) is 24.7 Å². The molecule has 134 valence electrons. The summed E-state index contributed by atoms with van der Waals surface area (Å²) in [6.07, 6.45) is 7.31. The summed E-state index contributed by atoms with van der Waals surface area (Å²) in [5, 5.41) is 0. The Bertz CT molecular complexity index is 684. The van der Waals surface area contributed by atoms with Crippen LogP contribution in [0.3, 0.4) is 0 Å². The molecule has 3 rings (SSSR count). The van der Waals surface area contributed by atoms with Gasteiger partial charge in [-0.1, -0.05) is 0 Å². The fraction of sp³-hybridized carbons (Fsp3) is 0.529. The predicted octanol–water partition coefficient (Wildman–Crippen LogP) is 1.45. The molecule has 8 nitrogen and oxygen atoms in total. The Hall–Kier alpha value is -2.64. The molecule has 0 N–H and O–H groups in total. The lowest BCUT2D eigenvalue weighted by Crippen LogP contribution is -2.44. The maximum Gasteiger partial charge on any atom is 0.226 e. The van der Waals surface area contributed by atoms with Crippen molar-refractivity contribution in [1.82, 2.24) is 19.9 Å². The highest BCUT2D eigenvalue weighted by Crippen LogP contribution is 2.23. The molecule has 3 heterocycles. The van der Waals surface area contributed by atoms with Crippen LogP contribution in [0.1, 0.15) is 12.8 Å². The second kappa shape index (κ2) is 7.50. The second-order valence-corrected chi connectivity index (χ2v) is 6.36. The standard InChI is InChI=1S/C17H25N7O/c1-22(2)17-18-8-5-15(21-17)23(3)13-6-9-24(10-7-13)16-19-11-14(25-4)12-20-16/h5,8,11-13H,6-7,9-10H2,1-4H3. The predicted molar refractivity (Wildman–Crippen MR) is 98.6 cm³/mol. The van der Waals surface area contributed by atoms with Crippen molar-refractivity contribution in [3.63, 3.8) is 0 Å². The van der Waals surface area contributed by atoms with E-state index in [1.54, 1.807) is 19.5 Å². The third-order valence-electron chi connectivity index (χ3n) is 4.53. The molecule has 2 aromatic rings. The molecule has 1 fully saturated rings. The van der Waals surface area contributed by atoms with E-state index in [1.807, 2.05) is 31.3 Å². The van der Waals surface area contributed by atoms with Gasteiger partial charge in [0, 0.05) is 46.5 Å². The number of ether oxygens (including phenoxy) is 1. The average Bonchev–Trinajstić information content (AvgIpc) is 2.67. The SMILES string of the molecule is COc1cnc(N2CCC(N(C)c3ccnc(N(C)C)n3)CC2)nc1. The van der Waals surface area contributed by atoms with Crippen LogP contribution in [-0.4, -0.2) is 67.3 Å². The molecule has 1 saturated heterocycles. The molecule has 8 heteroatoms. The highest BCUT2D eigenvalue weighted by molar-refractivity contribution is 5.44.